The predicted octanol–water partition coefficient (Wildman–Crippen LogP) is 20.9. The molecule has 3 N–H and O–H groups in total. The van der Waals surface area contributed by atoms with E-state index in [1.54, 1.807) is 36.4 Å². The molecule has 0 amide bonds. The van der Waals surface area contributed by atoms with Gasteiger partial charge in [-0.05, 0) is 251 Å². The molecule has 84 heavy (non-hydrogen) atoms. The van der Waals surface area contributed by atoms with Crippen LogP contribution in [0.15, 0.2) is 128 Å². The molecule has 9 heteroatoms. The third-order valence-electron chi connectivity index (χ3n) is 17.9. The van der Waals surface area contributed by atoms with E-state index in [9.17, 15) is 14.4 Å². The highest BCUT2D eigenvalue weighted by Crippen LogP contribution is 2.39. The van der Waals surface area contributed by atoms with Gasteiger partial charge in [0.05, 0.1) is 16.2 Å². The van der Waals surface area contributed by atoms with Gasteiger partial charge in [-0.1, -0.05) is 149 Å². The second-order valence-corrected chi connectivity index (χ2v) is 25.9. The van der Waals surface area contributed by atoms with E-state index in [1.807, 2.05) is 137 Å². The van der Waals surface area contributed by atoms with Crippen LogP contribution in [0.4, 0.5) is 0 Å². The summed E-state index contributed by atoms with van der Waals surface area (Å²) in [5, 5.41) is 29.4. The van der Waals surface area contributed by atoms with Gasteiger partial charge in [0.15, 0.2) is 0 Å². The number of benzene rings is 5. The Morgan fingerprint density at radius 1 is 0.488 bits per heavy atom. The molecular formula is C75H112O9. The number of phenols is 3. The SMILES string of the molecule is C=CC1(OC(=O)C(C)(C)CC)CCCC1.CCC(C)(C)C(=O)OC(C)(C)c1ccc2ccccc2c1.CCC(C)c1ccc(O)cc1.CCC(C)c1ccc(O)cc1.CCC(C)c1ccc(O)cc1.CCC1(OC(=O)C(C)(C)CC)CCCC1. The predicted molar refractivity (Wildman–Crippen MR) is 351 cm³/mol. The zero-order chi connectivity index (χ0) is 63.5. The standard InChI is InChI=1S/C19H24O2.C13H24O2.C13H22O2.3C10H14O/c1-6-18(2,3)17(20)21-19(4,5)16-12-11-14-9-7-8-10-15(14)13-16;2*1-5-12(3,4)11(14)15-13(6-2)9-7-8-10-13;3*1-3-8(2)9-4-6-10(11)7-5-9/h7-13H,6H2,1-5H3;5-10H2,1-4H3;6H,2,5,7-10H2,1,3-4H3;3*4-8,11H,3H2,1-2H3. The molecular weight excluding hydrogens is 1040 g/mol. The molecule has 0 radical (unpaired) electrons. The summed E-state index contributed by atoms with van der Waals surface area (Å²) in [7, 11) is 0. The van der Waals surface area contributed by atoms with Gasteiger partial charge in [-0.15, -0.1) is 0 Å². The monoisotopic (exact) mass is 1160 g/mol. The average Bonchev–Trinajstić information content (AvgIpc) is 3.42. The lowest BCUT2D eigenvalue weighted by molar-refractivity contribution is -0.171. The molecule has 0 aromatic heterocycles. The lowest BCUT2D eigenvalue weighted by atomic mass is 9.89. The van der Waals surface area contributed by atoms with E-state index in [2.05, 4.69) is 79.3 Å². The van der Waals surface area contributed by atoms with Crippen LogP contribution < -0.4 is 0 Å². The van der Waals surface area contributed by atoms with Crippen molar-refractivity contribution in [2.75, 3.05) is 0 Å². The molecule has 0 heterocycles. The topological polar surface area (TPSA) is 140 Å². The molecule has 7 rings (SSSR count). The van der Waals surface area contributed by atoms with Crippen LogP contribution in [0.1, 0.15) is 261 Å². The summed E-state index contributed by atoms with van der Waals surface area (Å²) < 4.78 is 17.2. The zero-order valence-electron chi connectivity index (χ0n) is 55.4. The number of carbonyl (C=O) groups excluding carboxylic acids is 3. The fourth-order valence-electron chi connectivity index (χ4n) is 9.07. The van der Waals surface area contributed by atoms with Crippen molar-refractivity contribution < 1.29 is 43.9 Å². The maximum Gasteiger partial charge on any atom is 0.312 e. The fourth-order valence-corrected chi connectivity index (χ4v) is 9.07. The van der Waals surface area contributed by atoms with Gasteiger partial charge in [0.2, 0.25) is 0 Å². The summed E-state index contributed by atoms with van der Waals surface area (Å²) in [5.74, 6) is 2.55. The van der Waals surface area contributed by atoms with Crippen LogP contribution in [0.5, 0.6) is 17.2 Å². The Morgan fingerprint density at radius 3 is 1.18 bits per heavy atom. The molecule has 2 saturated carbocycles. The van der Waals surface area contributed by atoms with Gasteiger partial charge in [0.1, 0.15) is 34.1 Å². The van der Waals surface area contributed by atoms with Crippen molar-refractivity contribution in [1.82, 2.24) is 0 Å². The minimum absolute atomic E-state index is 0.0197. The first-order chi connectivity index (χ1) is 39.4. The van der Waals surface area contributed by atoms with Gasteiger partial charge in [0.25, 0.3) is 0 Å². The second-order valence-electron chi connectivity index (χ2n) is 25.9. The molecule has 9 nitrogen and oxygen atoms in total. The minimum atomic E-state index is -0.631. The van der Waals surface area contributed by atoms with E-state index >= 15 is 0 Å². The molecule has 0 bridgehead atoms. The highest BCUT2D eigenvalue weighted by Gasteiger charge is 2.41. The third-order valence-corrected chi connectivity index (χ3v) is 17.9. The maximum atomic E-state index is 12.3. The Balaban J connectivity index is 0.000000350. The van der Waals surface area contributed by atoms with Crippen molar-refractivity contribution in [3.05, 3.63) is 150 Å². The second kappa shape index (κ2) is 34.8. The molecule has 0 aliphatic heterocycles. The van der Waals surface area contributed by atoms with Crippen LogP contribution in [-0.2, 0) is 34.2 Å². The first-order valence-corrected chi connectivity index (χ1v) is 31.6. The average molecular weight is 1160 g/mol. The number of hydrogen-bond donors (Lipinski definition) is 3. The normalized spacial score (nSPS) is 15.4. The van der Waals surface area contributed by atoms with Crippen LogP contribution in [0.25, 0.3) is 10.8 Å². The van der Waals surface area contributed by atoms with Gasteiger partial charge >= 0.3 is 17.9 Å². The first kappa shape index (κ1) is 74.0. The lowest BCUT2D eigenvalue weighted by Crippen LogP contribution is -2.37. The Hall–Kier alpha value is -6.09. The van der Waals surface area contributed by atoms with Gasteiger partial charge in [-0.3, -0.25) is 14.4 Å². The van der Waals surface area contributed by atoms with Gasteiger partial charge < -0.3 is 29.5 Å². The Morgan fingerprint density at radius 2 is 0.833 bits per heavy atom. The number of esters is 3. The highest BCUT2D eigenvalue weighted by molar-refractivity contribution is 5.83. The van der Waals surface area contributed by atoms with E-state index in [1.165, 1.54) is 34.9 Å². The largest absolute Gasteiger partial charge is 0.508 e. The van der Waals surface area contributed by atoms with Crippen molar-refractivity contribution in [1.29, 1.82) is 0 Å². The number of aromatic hydroxyl groups is 3. The smallest absolute Gasteiger partial charge is 0.312 e. The number of fused-ring (bicyclic) bond motifs is 1. The summed E-state index contributed by atoms with van der Waals surface area (Å²) in [6, 6.07) is 36.7. The van der Waals surface area contributed by atoms with Gasteiger partial charge in [-0.2, -0.15) is 0 Å². The van der Waals surface area contributed by atoms with E-state index < -0.39 is 11.0 Å². The minimum Gasteiger partial charge on any atom is -0.508 e. The van der Waals surface area contributed by atoms with Crippen LogP contribution in [0.3, 0.4) is 0 Å². The maximum absolute atomic E-state index is 12.3. The molecule has 3 unspecified atom stereocenters. The van der Waals surface area contributed by atoms with Crippen molar-refractivity contribution >= 4 is 28.7 Å². The molecule has 2 fully saturated rings. The number of carbonyl (C=O) groups is 3. The molecule has 3 atom stereocenters. The molecule has 2 aliphatic carbocycles. The van der Waals surface area contributed by atoms with Crippen molar-refractivity contribution in [3.8, 4) is 17.2 Å². The van der Waals surface area contributed by atoms with E-state index in [0.29, 0.717) is 35.0 Å². The van der Waals surface area contributed by atoms with Crippen LogP contribution in [0, 0.1) is 16.2 Å². The summed E-state index contributed by atoms with van der Waals surface area (Å²) in [4.78, 5) is 36.3. The number of hydrogen-bond acceptors (Lipinski definition) is 9. The summed E-state index contributed by atoms with van der Waals surface area (Å²) in [5.41, 5.74) is 2.61. The summed E-state index contributed by atoms with van der Waals surface area (Å²) in [6.07, 6.45) is 17.2. The molecule has 466 valence electrons. The first-order valence-electron chi connectivity index (χ1n) is 31.6. The fraction of sp³-hybridized carbons (Fsp3) is 0.560. The quantitative estimate of drug-likeness (QED) is 0.0444. The number of ether oxygens (including phenoxy) is 3. The Bertz CT molecular complexity index is 2580. The van der Waals surface area contributed by atoms with Gasteiger partial charge in [-0.25, -0.2) is 0 Å². The van der Waals surface area contributed by atoms with Crippen LogP contribution in [0.2, 0.25) is 0 Å². The van der Waals surface area contributed by atoms with Gasteiger partial charge in [0, 0.05) is 0 Å². The van der Waals surface area contributed by atoms with Crippen molar-refractivity contribution in [2.24, 2.45) is 16.2 Å². The van der Waals surface area contributed by atoms with E-state index in [0.717, 1.165) is 94.4 Å². The summed E-state index contributed by atoms with van der Waals surface area (Å²) >= 11 is 0. The Labute approximate surface area is 509 Å². The zero-order valence-corrected chi connectivity index (χ0v) is 55.4. The third kappa shape index (κ3) is 23.8. The number of phenolic OH excluding ortho intramolecular Hbond substituents is 3. The molecule has 0 saturated heterocycles. The highest BCUT2D eigenvalue weighted by atomic mass is 16.6. The Kier molecular flexibility index (Phi) is 30.6. The van der Waals surface area contributed by atoms with E-state index in [-0.39, 0.29) is 39.9 Å². The molecule has 5 aromatic carbocycles. The molecule has 0 spiro atoms. The molecule has 2 aliphatic rings. The lowest BCUT2D eigenvalue weighted by Gasteiger charge is -2.32. The van der Waals surface area contributed by atoms with Crippen LogP contribution >= 0.6 is 0 Å². The van der Waals surface area contributed by atoms with Crippen LogP contribution in [-0.4, -0.2) is 44.4 Å². The number of rotatable bonds is 18. The molecule has 5 aromatic rings. The van der Waals surface area contributed by atoms with Crippen molar-refractivity contribution in [2.45, 2.75) is 255 Å². The van der Waals surface area contributed by atoms with Crippen molar-refractivity contribution in [3.63, 3.8) is 0 Å². The summed E-state index contributed by atoms with van der Waals surface area (Å²) in [6.45, 7) is 40.6. The van der Waals surface area contributed by atoms with E-state index in [4.69, 9.17) is 29.5 Å².